The predicted molar refractivity (Wildman–Crippen MR) is 61.5 cm³/mol. The van der Waals surface area contributed by atoms with E-state index in [2.05, 4.69) is 15.8 Å². The average molecular weight is 239 g/mol. The molecule has 0 aliphatic rings. The largest absolute Gasteiger partial charge is 0.361 e. The van der Waals surface area contributed by atoms with Crippen molar-refractivity contribution in [1.82, 2.24) is 15.8 Å². The molecule has 0 aliphatic heterocycles. The van der Waals surface area contributed by atoms with E-state index in [1.165, 1.54) is 0 Å². The Bertz CT molecular complexity index is 387. The van der Waals surface area contributed by atoms with Crippen molar-refractivity contribution >= 4 is 11.8 Å². The third kappa shape index (κ3) is 4.67. The number of carbonyl (C=O) groups is 2. The van der Waals surface area contributed by atoms with Gasteiger partial charge in [0, 0.05) is 25.6 Å². The van der Waals surface area contributed by atoms with Crippen molar-refractivity contribution in [2.24, 2.45) is 0 Å². The SMILES string of the molecule is CCCNC(=O)CCNC(=O)c1cc(C)on1. The van der Waals surface area contributed by atoms with E-state index >= 15 is 0 Å². The first kappa shape index (κ1) is 13.2. The minimum Gasteiger partial charge on any atom is -0.361 e. The van der Waals surface area contributed by atoms with Crippen molar-refractivity contribution in [1.29, 1.82) is 0 Å². The number of rotatable bonds is 6. The lowest BCUT2D eigenvalue weighted by atomic mass is 10.3. The van der Waals surface area contributed by atoms with Crippen LogP contribution in [0, 0.1) is 6.92 Å². The highest BCUT2D eigenvalue weighted by atomic mass is 16.5. The molecule has 0 saturated heterocycles. The van der Waals surface area contributed by atoms with E-state index in [1.807, 2.05) is 6.92 Å². The molecule has 1 heterocycles. The Balaban J connectivity index is 2.23. The van der Waals surface area contributed by atoms with Gasteiger partial charge in [0.05, 0.1) is 0 Å². The summed E-state index contributed by atoms with van der Waals surface area (Å²) in [6.45, 7) is 4.65. The molecule has 0 fully saturated rings. The van der Waals surface area contributed by atoms with E-state index < -0.39 is 0 Å². The standard InChI is InChI=1S/C11H17N3O3/c1-3-5-12-10(15)4-6-13-11(16)9-7-8(2)17-14-9/h7H,3-6H2,1-2H3,(H,12,15)(H,13,16). The maximum absolute atomic E-state index is 11.5. The van der Waals surface area contributed by atoms with Crippen LogP contribution in [0.4, 0.5) is 0 Å². The molecule has 0 aromatic carbocycles. The number of aryl methyl sites for hydroxylation is 1. The smallest absolute Gasteiger partial charge is 0.273 e. The fraction of sp³-hybridized carbons (Fsp3) is 0.545. The molecule has 0 spiro atoms. The van der Waals surface area contributed by atoms with Gasteiger partial charge < -0.3 is 15.2 Å². The minimum atomic E-state index is -0.329. The second kappa shape index (κ2) is 6.67. The fourth-order valence-electron chi connectivity index (χ4n) is 1.21. The van der Waals surface area contributed by atoms with E-state index in [9.17, 15) is 9.59 Å². The van der Waals surface area contributed by atoms with Crippen LogP contribution in [0.1, 0.15) is 36.0 Å². The number of aromatic nitrogens is 1. The van der Waals surface area contributed by atoms with Gasteiger partial charge in [-0.05, 0) is 13.3 Å². The first-order valence-electron chi connectivity index (χ1n) is 5.61. The highest BCUT2D eigenvalue weighted by molar-refractivity contribution is 5.92. The molecule has 0 bridgehead atoms. The van der Waals surface area contributed by atoms with E-state index in [0.29, 0.717) is 18.8 Å². The highest BCUT2D eigenvalue weighted by Gasteiger charge is 2.10. The summed E-state index contributed by atoms with van der Waals surface area (Å²) in [7, 11) is 0. The molecule has 1 aromatic rings. The molecule has 94 valence electrons. The summed E-state index contributed by atoms with van der Waals surface area (Å²) in [5, 5.41) is 8.90. The van der Waals surface area contributed by atoms with Crippen LogP contribution in [0.3, 0.4) is 0 Å². The van der Waals surface area contributed by atoms with Crippen LogP contribution < -0.4 is 10.6 Å². The Labute approximate surface area is 99.7 Å². The first-order chi connectivity index (χ1) is 8.13. The Morgan fingerprint density at radius 1 is 1.35 bits per heavy atom. The van der Waals surface area contributed by atoms with Crippen LogP contribution in [0.5, 0.6) is 0 Å². The summed E-state index contributed by atoms with van der Waals surface area (Å²) in [4.78, 5) is 22.7. The number of hydrogen-bond acceptors (Lipinski definition) is 4. The van der Waals surface area contributed by atoms with Crippen molar-refractivity contribution in [3.8, 4) is 0 Å². The molecule has 1 rings (SSSR count). The molecule has 0 radical (unpaired) electrons. The van der Waals surface area contributed by atoms with Crippen LogP contribution in [-0.4, -0.2) is 30.1 Å². The van der Waals surface area contributed by atoms with Gasteiger partial charge in [0.15, 0.2) is 5.69 Å². The lowest BCUT2D eigenvalue weighted by molar-refractivity contribution is -0.120. The molecule has 1 aromatic heterocycles. The maximum Gasteiger partial charge on any atom is 0.273 e. The molecule has 0 saturated carbocycles. The molecule has 0 atom stereocenters. The molecule has 0 unspecified atom stereocenters. The Hall–Kier alpha value is -1.85. The van der Waals surface area contributed by atoms with Gasteiger partial charge in [-0.3, -0.25) is 9.59 Å². The van der Waals surface area contributed by atoms with E-state index in [-0.39, 0.29) is 23.9 Å². The number of nitrogens with zero attached hydrogens (tertiary/aromatic N) is 1. The molecule has 6 nitrogen and oxygen atoms in total. The van der Waals surface area contributed by atoms with Crippen LogP contribution in [0.15, 0.2) is 10.6 Å². The van der Waals surface area contributed by atoms with E-state index in [0.717, 1.165) is 6.42 Å². The lowest BCUT2D eigenvalue weighted by Crippen LogP contribution is -2.31. The Morgan fingerprint density at radius 2 is 2.12 bits per heavy atom. The monoisotopic (exact) mass is 239 g/mol. The quantitative estimate of drug-likeness (QED) is 0.762. The number of amides is 2. The third-order valence-electron chi connectivity index (χ3n) is 2.07. The van der Waals surface area contributed by atoms with Crippen LogP contribution >= 0.6 is 0 Å². The highest BCUT2D eigenvalue weighted by Crippen LogP contribution is 2.00. The molecular weight excluding hydrogens is 222 g/mol. The molecule has 17 heavy (non-hydrogen) atoms. The van der Waals surface area contributed by atoms with Gasteiger partial charge in [0.25, 0.3) is 5.91 Å². The zero-order valence-corrected chi connectivity index (χ0v) is 10.1. The minimum absolute atomic E-state index is 0.0662. The summed E-state index contributed by atoms with van der Waals surface area (Å²) in [6, 6.07) is 1.55. The van der Waals surface area contributed by atoms with Gasteiger partial charge >= 0.3 is 0 Å². The van der Waals surface area contributed by atoms with Gasteiger partial charge in [-0.2, -0.15) is 0 Å². The van der Waals surface area contributed by atoms with Crippen molar-refractivity contribution < 1.29 is 14.1 Å². The molecule has 2 amide bonds. The number of carbonyl (C=O) groups excluding carboxylic acids is 2. The zero-order valence-electron chi connectivity index (χ0n) is 10.1. The van der Waals surface area contributed by atoms with Crippen molar-refractivity contribution in [3.05, 3.63) is 17.5 Å². The lowest BCUT2D eigenvalue weighted by Gasteiger charge is -2.04. The molecule has 0 aliphatic carbocycles. The van der Waals surface area contributed by atoms with Crippen LogP contribution in [-0.2, 0) is 4.79 Å². The fourth-order valence-corrected chi connectivity index (χ4v) is 1.21. The van der Waals surface area contributed by atoms with Gasteiger partial charge in [-0.15, -0.1) is 0 Å². The topological polar surface area (TPSA) is 84.2 Å². The second-order valence-electron chi connectivity index (χ2n) is 3.68. The number of nitrogens with one attached hydrogen (secondary N) is 2. The normalized spacial score (nSPS) is 10.0. The summed E-state index contributed by atoms with van der Waals surface area (Å²) >= 11 is 0. The second-order valence-corrected chi connectivity index (χ2v) is 3.68. The van der Waals surface area contributed by atoms with Crippen molar-refractivity contribution in [2.45, 2.75) is 26.7 Å². The first-order valence-corrected chi connectivity index (χ1v) is 5.61. The Morgan fingerprint density at radius 3 is 2.71 bits per heavy atom. The van der Waals surface area contributed by atoms with Gasteiger partial charge in [-0.1, -0.05) is 12.1 Å². The van der Waals surface area contributed by atoms with Crippen LogP contribution in [0.2, 0.25) is 0 Å². The van der Waals surface area contributed by atoms with Crippen LogP contribution in [0.25, 0.3) is 0 Å². The molecule has 6 heteroatoms. The summed E-state index contributed by atoms with van der Waals surface area (Å²) < 4.78 is 4.78. The third-order valence-corrected chi connectivity index (χ3v) is 2.07. The predicted octanol–water partition coefficient (Wildman–Crippen LogP) is 0.629. The Kier molecular flexibility index (Phi) is 5.19. The number of hydrogen-bond donors (Lipinski definition) is 2. The molecule has 2 N–H and O–H groups in total. The average Bonchev–Trinajstić information content (AvgIpc) is 2.73. The maximum atomic E-state index is 11.5. The summed E-state index contributed by atoms with van der Waals surface area (Å²) in [6.07, 6.45) is 1.17. The molecular formula is C11H17N3O3. The van der Waals surface area contributed by atoms with E-state index in [1.54, 1.807) is 13.0 Å². The van der Waals surface area contributed by atoms with Gasteiger partial charge in [0.1, 0.15) is 5.76 Å². The van der Waals surface area contributed by atoms with Crippen molar-refractivity contribution in [2.75, 3.05) is 13.1 Å². The van der Waals surface area contributed by atoms with Gasteiger partial charge in [0.2, 0.25) is 5.91 Å². The van der Waals surface area contributed by atoms with E-state index in [4.69, 9.17) is 4.52 Å². The van der Waals surface area contributed by atoms with Crippen molar-refractivity contribution in [3.63, 3.8) is 0 Å². The summed E-state index contributed by atoms with van der Waals surface area (Å²) in [5.41, 5.74) is 0.233. The summed E-state index contributed by atoms with van der Waals surface area (Å²) in [5.74, 6) is 0.185. The zero-order chi connectivity index (χ0) is 12.7. The van der Waals surface area contributed by atoms with Gasteiger partial charge in [-0.25, -0.2) is 0 Å².